The molecule has 0 unspecified atom stereocenters. The number of carbonyl (C=O) groups excluding carboxylic acids is 1. The normalized spacial score (nSPS) is 17.5. The molecule has 2 N–H and O–H groups in total. The molecule has 16 heteroatoms. The van der Waals surface area contributed by atoms with Gasteiger partial charge in [0, 0.05) is 18.2 Å². The molecule has 0 atom stereocenters. The average molecular weight is 621 g/mol. The van der Waals surface area contributed by atoms with Crippen LogP contribution in [0.1, 0.15) is 37.8 Å². The summed E-state index contributed by atoms with van der Waals surface area (Å²) in [4.78, 5) is 21.0. The zero-order chi connectivity index (χ0) is 27.1. The van der Waals surface area contributed by atoms with Crippen molar-refractivity contribution in [2.24, 2.45) is 0 Å². The van der Waals surface area contributed by atoms with Gasteiger partial charge in [-0.3, -0.25) is 20.0 Å². The summed E-state index contributed by atoms with van der Waals surface area (Å²) < 4.78 is 88.8. The molecule has 1 amide bonds. The molecule has 1 saturated heterocycles. The van der Waals surface area contributed by atoms with Gasteiger partial charge in [0.25, 0.3) is 5.91 Å². The molecule has 4 rings (SSSR count). The average Bonchev–Trinajstić information content (AvgIpc) is 3.72. The van der Waals surface area contributed by atoms with Gasteiger partial charge in [-0.15, -0.1) is 24.8 Å². The van der Waals surface area contributed by atoms with E-state index in [-0.39, 0.29) is 60.0 Å². The second kappa shape index (κ2) is 12.2. The Morgan fingerprint density at radius 3 is 2.10 bits per heavy atom. The van der Waals surface area contributed by atoms with Gasteiger partial charge in [-0.2, -0.15) is 22.0 Å². The Morgan fingerprint density at radius 1 is 1.03 bits per heavy atom. The zero-order valence-electron chi connectivity index (χ0n) is 20.3. The number of piperidine rings is 1. The Balaban J connectivity index is 0.00000267. The van der Waals surface area contributed by atoms with Gasteiger partial charge in [0.1, 0.15) is 0 Å². The number of amides is 1. The van der Waals surface area contributed by atoms with Gasteiger partial charge in [-0.1, -0.05) is 12.1 Å². The summed E-state index contributed by atoms with van der Waals surface area (Å²) in [6, 6.07) is 5.11. The van der Waals surface area contributed by atoms with E-state index < -0.39 is 45.4 Å². The number of carbonyl (C=O) groups is 1. The first-order valence-electron chi connectivity index (χ1n) is 11.6. The van der Waals surface area contributed by atoms with Crippen molar-refractivity contribution in [1.29, 1.82) is 0 Å². The topological polar surface area (TPSA) is 112 Å². The minimum atomic E-state index is -5.65. The zero-order valence-corrected chi connectivity index (χ0v) is 22.8. The lowest BCUT2D eigenvalue weighted by molar-refractivity contribution is -0.284. The molecule has 1 aromatic heterocycles. The summed E-state index contributed by atoms with van der Waals surface area (Å²) in [5, 5.41) is 13.9. The molecular weight excluding hydrogens is 594 g/mol. The molecule has 0 radical (unpaired) electrons. The first kappa shape index (κ1) is 33.1. The summed E-state index contributed by atoms with van der Waals surface area (Å²) in [5.74, 6) is -5.67. The Labute approximate surface area is 234 Å². The number of rotatable bonds is 8. The highest BCUT2D eigenvalue weighted by Gasteiger charge is 2.57. The molecule has 0 spiro atoms. The van der Waals surface area contributed by atoms with Crippen LogP contribution < -0.4 is 5.32 Å². The third kappa shape index (κ3) is 6.62. The lowest BCUT2D eigenvalue weighted by Gasteiger charge is -2.37. The Bertz CT molecular complexity index is 1240. The van der Waals surface area contributed by atoms with Gasteiger partial charge in [0.05, 0.1) is 28.5 Å². The number of nitrogens with one attached hydrogen (secondary N) is 1. The molecule has 0 bridgehead atoms. The van der Waals surface area contributed by atoms with Crippen LogP contribution in [-0.4, -0.2) is 70.5 Å². The largest absolute Gasteiger partial charge is 0.453 e. The van der Waals surface area contributed by atoms with E-state index in [2.05, 4.69) is 15.3 Å². The van der Waals surface area contributed by atoms with Crippen LogP contribution in [0.3, 0.4) is 0 Å². The van der Waals surface area contributed by atoms with Gasteiger partial charge in [0.2, 0.25) is 0 Å². The van der Waals surface area contributed by atoms with E-state index >= 15 is 0 Å². The molecule has 218 valence electrons. The first-order valence-corrected chi connectivity index (χ1v) is 13.1. The van der Waals surface area contributed by atoms with Crippen molar-refractivity contribution in [1.82, 2.24) is 20.3 Å². The standard InChI is InChI=1S/C23H25F5N4O4S.2ClH/c24-22(25,23(26,27)28)8-7-16-13-31-19(14-30-16)15-1-5-18(6-2-15)37(35,36)21(9-11-29-12-10-21)20(33)32(34)17-3-4-17;;/h1-2,5-6,13-14,17,29,34H,3-4,7-12H2;2*1H. The Hall–Kier alpha value is -2.13. The molecule has 2 fully saturated rings. The predicted octanol–water partition coefficient (Wildman–Crippen LogP) is 4.39. The quantitative estimate of drug-likeness (QED) is 0.256. The minimum absolute atomic E-state index is 0. The van der Waals surface area contributed by atoms with E-state index in [4.69, 9.17) is 0 Å². The molecule has 1 aliphatic heterocycles. The number of hydroxylamine groups is 2. The van der Waals surface area contributed by atoms with E-state index in [1.54, 1.807) is 0 Å². The maximum absolute atomic E-state index is 13.7. The van der Waals surface area contributed by atoms with E-state index in [9.17, 15) is 40.4 Å². The first-order chi connectivity index (χ1) is 17.3. The van der Waals surface area contributed by atoms with Crippen LogP contribution in [-0.2, 0) is 21.1 Å². The number of hydrogen-bond acceptors (Lipinski definition) is 7. The highest BCUT2D eigenvalue weighted by atomic mass is 35.5. The van der Waals surface area contributed by atoms with Gasteiger partial charge in [0.15, 0.2) is 14.6 Å². The number of sulfone groups is 1. The number of aromatic nitrogens is 2. The Kier molecular flexibility index (Phi) is 10.3. The maximum atomic E-state index is 13.7. The second-order valence-corrected chi connectivity index (χ2v) is 11.5. The van der Waals surface area contributed by atoms with Crippen LogP contribution in [0.5, 0.6) is 0 Å². The summed E-state index contributed by atoms with van der Waals surface area (Å²) in [6.45, 7) is 0.580. The third-order valence-corrected chi connectivity index (χ3v) is 9.20. The van der Waals surface area contributed by atoms with Crippen molar-refractivity contribution >= 4 is 40.6 Å². The molecule has 2 aromatic rings. The van der Waals surface area contributed by atoms with Crippen LogP contribution >= 0.6 is 24.8 Å². The number of hydrogen-bond donors (Lipinski definition) is 2. The van der Waals surface area contributed by atoms with E-state index in [1.165, 1.54) is 30.5 Å². The number of nitrogens with zero attached hydrogens (tertiary/aromatic N) is 3. The maximum Gasteiger partial charge on any atom is 0.453 e. The van der Waals surface area contributed by atoms with E-state index in [0.29, 0.717) is 36.6 Å². The number of halogens is 7. The van der Waals surface area contributed by atoms with Crippen LogP contribution in [0.15, 0.2) is 41.6 Å². The number of alkyl halides is 5. The van der Waals surface area contributed by atoms with Crippen molar-refractivity contribution in [3.05, 3.63) is 42.4 Å². The fraction of sp³-hybridized carbons (Fsp3) is 0.522. The summed E-state index contributed by atoms with van der Waals surface area (Å²) in [5.41, 5.74) is 0.617. The van der Waals surface area contributed by atoms with Crippen LogP contribution in [0, 0.1) is 0 Å². The Morgan fingerprint density at radius 2 is 1.62 bits per heavy atom. The molecule has 2 heterocycles. The van der Waals surface area contributed by atoms with Gasteiger partial charge in [-0.25, -0.2) is 13.5 Å². The van der Waals surface area contributed by atoms with Crippen LogP contribution in [0.2, 0.25) is 0 Å². The fourth-order valence-electron chi connectivity index (χ4n) is 4.21. The summed E-state index contributed by atoms with van der Waals surface area (Å²) in [6.07, 6.45) is -4.24. The molecule has 1 aromatic carbocycles. The van der Waals surface area contributed by atoms with Gasteiger partial charge < -0.3 is 5.32 Å². The lowest BCUT2D eigenvalue weighted by Crippen LogP contribution is -2.58. The lowest BCUT2D eigenvalue weighted by atomic mass is 9.95. The van der Waals surface area contributed by atoms with E-state index in [0.717, 1.165) is 6.20 Å². The van der Waals surface area contributed by atoms with Crippen LogP contribution in [0.4, 0.5) is 22.0 Å². The summed E-state index contributed by atoms with van der Waals surface area (Å²) >= 11 is 0. The number of benzene rings is 1. The minimum Gasteiger partial charge on any atom is -0.317 e. The molecule has 39 heavy (non-hydrogen) atoms. The number of aryl methyl sites for hydroxylation is 1. The van der Waals surface area contributed by atoms with Crippen molar-refractivity contribution in [2.75, 3.05) is 13.1 Å². The van der Waals surface area contributed by atoms with Crippen molar-refractivity contribution < 1.29 is 40.4 Å². The van der Waals surface area contributed by atoms with Crippen molar-refractivity contribution in [3.63, 3.8) is 0 Å². The molecule has 8 nitrogen and oxygen atoms in total. The van der Waals surface area contributed by atoms with Gasteiger partial charge >= 0.3 is 12.1 Å². The van der Waals surface area contributed by atoms with E-state index in [1.807, 2.05) is 0 Å². The molecule has 1 aliphatic carbocycles. The summed E-state index contributed by atoms with van der Waals surface area (Å²) in [7, 11) is -4.20. The van der Waals surface area contributed by atoms with Gasteiger partial charge in [-0.05, 0) is 57.3 Å². The highest BCUT2D eigenvalue weighted by molar-refractivity contribution is 7.93. The predicted molar refractivity (Wildman–Crippen MR) is 135 cm³/mol. The molecule has 1 saturated carbocycles. The molecule has 2 aliphatic rings. The SMILES string of the molecule is Cl.Cl.O=C(N(O)C1CC1)C1(S(=O)(=O)c2ccc(-c3cnc(CCC(F)(F)C(F)(F)F)cn3)cc2)CCNCC1. The smallest absolute Gasteiger partial charge is 0.317 e. The van der Waals surface area contributed by atoms with Crippen molar-refractivity contribution in [2.45, 2.75) is 66.3 Å². The monoisotopic (exact) mass is 620 g/mol. The molecular formula is C23H27Cl2F5N4O4S. The highest BCUT2D eigenvalue weighted by Crippen LogP contribution is 2.40. The second-order valence-electron chi connectivity index (χ2n) is 9.25. The van der Waals surface area contributed by atoms with Crippen LogP contribution in [0.25, 0.3) is 11.3 Å². The van der Waals surface area contributed by atoms with Crippen molar-refractivity contribution in [3.8, 4) is 11.3 Å². The third-order valence-electron chi connectivity index (χ3n) is 6.69. The fourth-order valence-corrected chi connectivity index (χ4v) is 6.22.